The molecule has 0 amide bonds. The van der Waals surface area contributed by atoms with Crippen molar-refractivity contribution in [3.05, 3.63) is 0 Å². The van der Waals surface area contributed by atoms with E-state index in [-0.39, 0.29) is 6.04 Å². The molecule has 0 aromatic carbocycles. The summed E-state index contributed by atoms with van der Waals surface area (Å²) >= 11 is 5.73. The molecule has 0 bridgehead atoms. The summed E-state index contributed by atoms with van der Waals surface area (Å²) in [5.41, 5.74) is 0. The van der Waals surface area contributed by atoms with Gasteiger partial charge in [-0.2, -0.15) is 17.0 Å². The first-order valence-electron chi connectivity index (χ1n) is 7.38. The molecule has 6 heteroatoms. The van der Waals surface area contributed by atoms with Crippen LogP contribution in [0.2, 0.25) is 0 Å². The molecule has 112 valence electrons. The fraction of sp³-hybridized carbons (Fsp3) is 1.00. The van der Waals surface area contributed by atoms with Gasteiger partial charge in [-0.3, -0.25) is 0 Å². The molecule has 2 aliphatic heterocycles. The lowest BCUT2D eigenvalue weighted by Gasteiger charge is -2.35. The van der Waals surface area contributed by atoms with Crippen LogP contribution in [-0.2, 0) is 10.2 Å². The summed E-state index contributed by atoms with van der Waals surface area (Å²) < 4.78 is 28.9. The number of piperidine rings is 1. The smallest absolute Gasteiger partial charge is 0.195 e. The zero-order valence-electron chi connectivity index (χ0n) is 11.7. The Morgan fingerprint density at radius 3 is 2.63 bits per heavy atom. The van der Waals surface area contributed by atoms with Crippen LogP contribution in [0.3, 0.4) is 0 Å². The second kappa shape index (κ2) is 6.74. The van der Waals surface area contributed by atoms with E-state index in [1.54, 1.807) is 8.61 Å². The Morgan fingerprint density at radius 2 is 1.95 bits per heavy atom. The summed E-state index contributed by atoms with van der Waals surface area (Å²) in [6.07, 6.45) is 5.89. The molecule has 0 aromatic rings. The van der Waals surface area contributed by atoms with E-state index in [1.807, 2.05) is 0 Å². The first kappa shape index (κ1) is 15.5. The molecular weight excluding hydrogens is 284 g/mol. The molecule has 2 fully saturated rings. The van der Waals surface area contributed by atoms with Gasteiger partial charge in [0.05, 0.1) is 0 Å². The third-order valence-corrected chi connectivity index (χ3v) is 6.56. The Kier molecular flexibility index (Phi) is 5.52. The summed E-state index contributed by atoms with van der Waals surface area (Å²) in [6, 6.07) is 0.168. The summed E-state index contributed by atoms with van der Waals surface area (Å²) in [5, 5.41) is 0. The third kappa shape index (κ3) is 3.63. The van der Waals surface area contributed by atoms with Gasteiger partial charge in [-0.25, -0.2) is 0 Å². The average Bonchev–Trinajstić information content (AvgIpc) is 2.85. The van der Waals surface area contributed by atoms with Gasteiger partial charge in [0.15, 0.2) is 0 Å². The standard InChI is InChI=1S/C13H25ClN2O2S/c1-12-5-3-9-15(11-12)19(17,18)16-10-4-7-13(16)6-2-8-14/h12-13H,2-11H2,1H3. The van der Waals surface area contributed by atoms with Crippen molar-refractivity contribution in [1.82, 2.24) is 8.61 Å². The number of hydrogen-bond donors (Lipinski definition) is 0. The molecule has 2 saturated heterocycles. The van der Waals surface area contributed by atoms with Gasteiger partial charge in [0.1, 0.15) is 0 Å². The highest BCUT2D eigenvalue weighted by atomic mass is 35.5. The molecule has 2 aliphatic rings. The molecule has 2 unspecified atom stereocenters. The van der Waals surface area contributed by atoms with Gasteiger partial charge in [0.25, 0.3) is 10.2 Å². The first-order chi connectivity index (χ1) is 9.05. The molecule has 19 heavy (non-hydrogen) atoms. The Bertz CT molecular complexity index is 388. The minimum atomic E-state index is -3.25. The van der Waals surface area contributed by atoms with Gasteiger partial charge < -0.3 is 0 Å². The van der Waals surface area contributed by atoms with E-state index < -0.39 is 10.2 Å². The lowest BCUT2D eigenvalue weighted by molar-refractivity contribution is 0.251. The Hall–Kier alpha value is 0.160. The number of nitrogens with zero attached hydrogens (tertiary/aromatic N) is 2. The molecule has 0 spiro atoms. The SMILES string of the molecule is CC1CCCN(S(=O)(=O)N2CCCC2CCCCl)C1. The normalized spacial score (nSPS) is 30.8. The molecule has 4 nitrogen and oxygen atoms in total. The van der Waals surface area contributed by atoms with Crippen LogP contribution in [0, 0.1) is 5.92 Å². The second-order valence-electron chi connectivity index (χ2n) is 5.85. The van der Waals surface area contributed by atoms with Crippen molar-refractivity contribution in [2.24, 2.45) is 5.92 Å². The molecule has 2 atom stereocenters. The Labute approximate surface area is 122 Å². The maximum absolute atomic E-state index is 12.7. The molecule has 2 heterocycles. The van der Waals surface area contributed by atoms with Crippen LogP contribution in [-0.4, -0.2) is 48.6 Å². The zero-order chi connectivity index (χ0) is 13.9. The topological polar surface area (TPSA) is 40.6 Å². The zero-order valence-corrected chi connectivity index (χ0v) is 13.3. The number of hydrogen-bond acceptors (Lipinski definition) is 2. The molecule has 0 saturated carbocycles. The summed E-state index contributed by atoms with van der Waals surface area (Å²) in [7, 11) is -3.25. The van der Waals surface area contributed by atoms with Gasteiger partial charge in [-0.1, -0.05) is 6.92 Å². The van der Waals surface area contributed by atoms with Gasteiger partial charge in [0.2, 0.25) is 0 Å². The van der Waals surface area contributed by atoms with Crippen LogP contribution in [0.25, 0.3) is 0 Å². The number of alkyl halides is 1. The van der Waals surface area contributed by atoms with Gasteiger partial charge in [-0.05, 0) is 44.4 Å². The summed E-state index contributed by atoms with van der Waals surface area (Å²) in [6.45, 7) is 4.18. The third-order valence-electron chi connectivity index (χ3n) is 4.24. The van der Waals surface area contributed by atoms with Crippen molar-refractivity contribution in [2.75, 3.05) is 25.5 Å². The van der Waals surface area contributed by atoms with E-state index in [0.29, 0.717) is 31.4 Å². The van der Waals surface area contributed by atoms with Crippen molar-refractivity contribution in [1.29, 1.82) is 0 Å². The highest BCUT2D eigenvalue weighted by Crippen LogP contribution is 2.28. The minimum Gasteiger partial charge on any atom is -0.195 e. The van der Waals surface area contributed by atoms with Crippen LogP contribution in [0.5, 0.6) is 0 Å². The molecule has 0 radical (unpaired) electrons. The van der Waals surface area contributed by atoms with E-state index in [2.05, 4.69) is 6.92 Å². The quantitative estimate of drug-likeness (QED) is 0.732. The summed E-state index contributed by atoms with van der Waals surface area (Å²) in [4.78, 5) is 0. The minimum absolute atomic E-state index is 0.168. The highest BCUT2D eigenvalue weighted by molar-refractivity contribution is 7.86. The fourth-order valence-electron chi connectivity index (χ4n) is 3.22. The van der Waals surface area contributed by atoms with E-state index >= 15 is 0 Å². The van der Waals surface area contributed by atoms with Crippen molar-refractivity contribution in [2.45, 2.75) is 51.5 Å². The monoisotopic (exact) mass is 308 g/mol. The second-order valence-corrected chi connectivity index (χ2v) is 8.11. The van der Waals surface area contributed by atoms with Crippen molar-refractivity contribution in [3.8, 4) is 0 Å². The highest BCUT2D eigenvalue weighted by Gasteiger charge is 2.38. The van der Waals surface area contributed by atoms with Crippen molar-refractivity contribution >= 4 is 21.8 Å². The predicted octanol–water partition coefficient (Wildman–Crippen LogP) is 2.45. The maximum Gasteiger partial charge on any atom is 0.282 e. The maximum atomic E-state index is 12.7. The van der Waals surface area contributed by atoms with Crippen LogP contribution in [0.15, 0.2) is 0 Å². The molecule has 0 aromatic heterocycles. The van der Waals surface area contributed by atoms with Crippen LogP contribution in [0.4, 0.5) is 0 Å². The predicted molar refractivity (Wildman–Crippen MR) is 78.6 cm³/mol. The largest absolute Gasteiger partial charge is 0.282 e. The van der Waals surface area contributed by atoms with E-state index in [1.165, 1.54) is 0 Å². The fourth-order valence-corrected chi connectivity index (χ4v) is 5.42. The number of halogens is 1. The molecular formula is C13H25ClN2O2S. The van der Waals surface area contributed by atoms with E-state index in [0.717, 1.165) is 38.5 Å². The average molecular weight is 309 g/mol. The van der Waals surface area contributed by atoms with Crippen molar-refractivity contribution < 1.29 is 8.42 Å². The van der Waals surface area contributed by atoms with Crippen LogP contribution >= 0.6 is 11.6 Å². The Morgan fingerprint density at radius 1 is 1.21 bits per heavy atom. The molecule has 2 rings (SSSR count). The molecule has 0 aliphatic carbocycles. The lowest BCUT2D eigenvalue weighted by atomic mass is 10.0. The van der Waals surface area contributed by atoms with Gasteiger partial charge in [-0.15, -0.1) is 11.6 Å². The van der Waals surface area contributed by atoms with E-state index in [9.17, 15) is 8.42 Å². The molecule has 0 N–H and O–H groups in total. The van der Waals surface area contributed by atoms with Crippen molar-refractivity contribution in [3.63, 3.8) is 0 Å². The number of rotatable bonds is 5. The lowest BCUT2D eigenvalue weighted by Crippen LogP contribution is -2.49. The van der Waals surface area contributed by atoms with Crippen LogP contribution < -0.4 is 0 Å². The Balaban J connectivity index is 2.05. The van der Waals surface area contributed by atoms with E-state index in [4.69, 9.17) is 11.6 Å². The van der Waals surface area contributed by atoms with Crippen LogP contribution in [0.1, 0.15) is 45.4 Å². The summed E-state index contributed by atoms with van der Waals surface area (Å²) in [5.74, 6) is 1.10. The first-order valence-corrected chi connectivity index (χ1v) is 9.31. The van der Waals surface area contributed by atoms with Gasteiger partial charge >= 0.3 is 0 Å². The van der Waals surface area contributed by atoms with Gasteiger partial charge in [0, 0.05) is 31.6 Å².